The molecule has 2 N–H and O–H groups in total. The van der Waals surface area contributed by atoms with Crippen LogP contribution in [-0.4, -0.2) is 35.7 Å². The van der Waals surface area contributed by atoms with Crippen LogP contribution in [0.25, 0.3) is 11.0 Å². The van der Waals surface area contributed by atoms with E-state index < -0.39 is 12.5 Å². The standard InChI is InChI=1S/C23H20BrF2N7O/c1-2-18(22-28-6-3-7-29-22)33(12-16-5-4-13(10-30-16)19(25)26)23(34)15-8-14-9-17(24)20(27)32-21(14)31-11-15/h3-11,18-19H,2,12H2,1H3,(H2,27,31,32). The van der Waals surface area contributed by atoms with E-state index in [4.69, 9.17) is 5.73 Å². The molecule has 0 aliphatic heterocycles. The van der Waals surface area contributed by atoms with Crippen molar-refractivity contribution in [3.05, 3.63) is 82.2 Å². The van der Waals surface area contributed by atoms with Crippen LogP contribution >= 0.6 is 15.9 Å². The third-order valence-electron chi connectivity index (χ3n) is 5.23. The number of rotatable bonds is 7. The van der Waals surface area contributed by atoms with Gasteiger partial charge in [0, 0.05) is 35.7 Å². The van der Waals surface area contributed by atoms with Crippen molar-refractivity contribution >= 4 is 38.7 Å². The third-order valence-corrected chi connectivity index (χ3v) is 5.87. The van der Waals surface area contributed by atoms with E-state index in [0.29, 0.717) is 44.8 Å². The van der Waals surface area contributed by atoms with Crippen molar-refractivity contribution in [1.82, 2.24) is 29.8 Å². The Morgan fingerprint density at radius 2 is 1.88 bits per heavy atom. The number of nitrogens with two attached hydrogens (primary N) is 1. The fourth-order valence-electron chi connectivity index (χ4n) is 3.52. The van der Waals surface area contributed by atoms with Crippen molar-refractivity contribution in [1.29, 1.82) is 0 Å². The number of anilines is 1. The maximum absolute atomic E-state index is 13.7. The summed E-state index contributed by atoms with van der Waals surface area (Å²) in [7, 11) is 0. The quantitative estimate of drug-likeness (QED) is 0.364. The number of fused-ring (bicyclic) bond motifs is 1. The van der Waals surface area contributed by atoms with E-state index in [1.54, 1.807) is 35.5 Å². The van der Waals surface area contributed by atoms with Crippen molar-refractivity contribution in [2.75, 3.05) is 5.73 Å². The van der Waals surface area contributed by atoms with Crippen molar-refractivity contribution in [3.63, 3.8) is 0 Å². The zero-order valence-electron chi connectivity index (χ0n) is 18.1. The first-order chi connectivity index (χ1) is 16.4. The molecule has 0 aromatic carbocycles. The van der Waals surface area contributed by atoms with E-state index in [9.17, 15) is 13.6 Å². The van der Waals surface area contributed by atoms with E-state index in [0.717, 1.165) is 6.20 Å². The highest BCUT2D eigenvalue weighted by atomic mass is 79.9. The van der Waals surface area contributed by atoms with Crippen LogP contribution < -0.4 is 5.73 Å². The molecule has 0 saturated heterocycles. The van der Waals surface area contributed by atoms with Crippen molar-refractivity contribution in [2.24, 2.45) is 0 Å². The van der Waals surface area contributed by atoms with E-state index >= 15 is 0 Å². The Hall–Kier alpha value is -3.60. The number of hydrogen-bond acceptors (Lipinski definition) is 7. The van der Waals surface area contributed by atoms with Gasteiger partial charge >= 0.3 is 0 Å². The van der Waals surface area contributed by atoms with Crippen LogP contribution in [0.2, 0.25) is 0 Å². The summed E-state index contributed by atoms with van der Waals surface area (Å²) in [6.45, 7) is 1.98. The fraction of sp³-hybridized carbons (Fsp3) is 0.217. The molecule has 1 amide bonds. The topological polar surface area (TPSA) is 111 Å². The maximum Gasteiger partial charge on any atom is 0.265 e. The SMILES string of the molecule is CCC(c1ncccn1)N(Cc1ccc(C(F)F)cn1)C(=O)c1cnc2nc(N)c(Br)cc2c1. The molecule has 0 aliphatic rings. The number of nitrogens with zero attached hydrogens (tertiary/aromatic N) is 6. The molecule has 0 bridgehead atoms. The van der Waals surface area contributed by atoms with Crippen LogP contribution in [0.4, 0.5) is 14.6 Å². The number of halogens is 3. The lowest BCUT2D eigenvalue weighted by atomic mass is 10.1. The average molecular weight is 528 g/mol. The molecule has 0 saturated carbocycles. The second-order valence-corrected chi connectivity index (χ2v) is 8.33. The minimum Gasteiger partial charge on any atom is -0.383 e. The molecule has 11 heteroatoms. The second-order valence-electron chi connectivity index (χ2n) is 7.47. The first-order valence-corrected chi connectivity index (χ1v) is 11.2. The highest BCUT2D eigenvalue weighted by Crippen LogP contribution is 2.28. The molecular formula is C23H20BrF2N7O. The molecule has 0 aliphatic carbocycles. The summed E-state index contributed by atoms with van der Waals surface area (Å²) in [6, 6.07) is 7.44. The largest absolute Gasteiger partial charge is 0.383 e. The summed E-state index contributed by atoms with van der Waals surface area (Å²) in [5.74, 6) is 0.432. The van der Waals surface area contributed by atoms with Gasteiger partial charge in [-0.2, -0.15) is 0 Å². The molecule has 4 heterocycles. The lowest BCUT2D eigenvalue weighted by Gasteiger charge is -2.30. The van der Waals surface area contributed by atoms with Gasteiger partial charge in [0.25, 0.3) is 12.3 Å². The second kappa shape index (κ2) is 10.1. The number of nitrogen functional groups attached to an aromatic ring is 1. The Bertz CT molecular complexity index is 1310. The lowest BCUT2D eigenvalue weighted by Crippen LogP contribution is -2.35. The highest BCUT2D eigenvalue weighted by molar-refractivity contribution is 9.10. The van der Waals surface area contributed by atoms with Gasteiger partial charge in [0.1, 0.15) is 5.82 Å². The van der Waals surface area contributed by atoms with Gasteiger partial charge in [0.2, 0.25) is 0 Å². The minimum absolute atomic E-state index is 0.0703. The van der Waals surface area contributed by atoms with Gasteiger partial charge in [0.05, 0.1) is 28.3 Å². The zero-order chi connectivity index (χ0) is 24.2. The first kappa shape index (κ1) is 23.6. The Balaban J connectivity index is 1.74. The summed E-state index contributed by atoms with van der Waals surface area (Å²) < 4.78 is 26.5. The van der Waals surface area contributed by atoms with Crippen LogP contribution in [0.1, 0.15) is 53.3 Å². The van der Waals surface area contributed by atoms with Crippen molar-refractivity contribution < 1.29 is 13.6 Å². The lowest BCUT2D eigenvalue weighted by molar-refractivity contribution is 0.0639. The molecule has 0 fully saturated rings. The summed E-state index contributed by atoms with van der Waals surface area (Å²) in [6.07, 6.45) is 3.67. The van der Waals surface area contributed by atoms with Crippen LogP contribution in [0, 0.1) is 0 Å². The smallest absolute Gasteiger partial charge is 0.265 e. The molecule has 174 valence electrons. The monoisotopic (exact) mass is 527 g/mol. The minimum atomic E-state index is -2.62. The predicted octanol–water partition coefficient (Wildman–Crippen LogP) is 4.89. The molecule has 0 radical (unpaired) electrons. The Morgan fingerprint density at radius 1 is 1.12 bits per heavy atom. The van der Waals surface area contributed by atoms with E-state index in [1.165, 1.54) is 18.3 Å². The summed E-state index contributed by atoms with van der Waals surface area (Å²) in [5, 5.41) is 0.635. The Morgan fingerprint density at radius 3 is 2.53 bits per heavy atom. The van der Waals surface area contributed by atoms with Gasteiger partial charge in [-0.1, -0.05) is 6.92 Å². The molecule has 0 spiro atoms. The number of hydrogen-bond donors (Lipinski definition) is 1. The van der Waals surface area contributed by atoms with Gasteiger partial charge in [-0.05, 0) is 52.7 Å². The van der Waals surface area contributed by atoms with E-state index in [2.05, 4.69) is 40.8 Å². The van der Waals surface area contributed by atoms with Crippen LogP contribution in [0.5, 0.6) is 0 Å². The zero-order valence-corrected chi connectivity index (χ0v) is 19.7. The normalized spacial score (nSPS) is 12.1. The van der Waals surface area contributed by atoms with Crippen molar-refractivity contribution in [2.45, 2.75) is 32.4 Å². The van der Waals surface area contributed by atoms with E-state index in [-0.39, 0.29) is 18.0 Å². The van der Waals surface area contributed by atoms with Crippen LogP contribution in [0.3, 0.4) is 0 Å². The summed E-state index contributed by atoms with van der Waals surface area (Å²) in [4.78, 5) is 36.6. The number of aromatic nitrogens is 5. The predicted molar refractivity (Wildman–Crippen MR) is 126 cm³/mol. The fourth-order valence-corrected chi connectivity index (χ4v) is 3.85. The molecule has 4 aromatic heterocycles. The molecule has 4 rings (SSSR count). The molecule has 8 nitrogen and oxygen atoms in total. The number of carbonyl (C=O) groups is 1. The van der Waals surface area contributed by atoms with Gasteiger partial charge in [-0.25, -0.2) is 28.7 Å². The average Bonchev–Trinajstić information content (AvgIpc) is 2.85. The molecule has 34 heavy (non-hydrogen) atoms. The number of amides is 1. The summed E-state index contributed by atoms with van der Waals surface area (Å²) >= 11 is 3.34. The Labute approximate surface area is 202 Å². The first-order valence-electron chi connectivity index (χ1n) is 10.4. The molecular weight excluding hydrogens is 508 g/mol. The molecule has 1 atom stereocenters. The number of alkyl halides is 2. The molecule has 1 unspecified atom stereocenters. The third kappa shape index (κ3) is 4.98. The Kier molecular flexibility index (Phi) is 7.01. The van der Waals surface area contributed by atoms with Gasteiger partial charge in [-0.15, -0.1) is 0 Å². The van der Waals surface area contributed by atoms with Gasteiger partial charge in [-0.3, -0.25) is 9.78 Å². The van der Waals surface area contributed by atoms with Crippen molar-refractivity contribution in [3.8, 4) is 0 Å². The van der Waals surface area contributed by atoms with Crippen LogP contribution in [0.15, 0.2) is 59.6 Å². The highest BCUT2D eigenvalue weighted by Gasteiger charge is 2.28. The maximum atomic E-state index is 13.7. The summed E-state index contributed by atoms with van der Waals surface area (Å²) in [5.41, 5.74) is 6.83. The number of pyridine rings is 3. The van der Waals surface area contributed by atoms with Gasteiger partial charge in [0.15, 0.2) is 11.5 Å². The number of carbonyl (C=O) groups excluding carboxylic acids is 1. The van der Waals surface area contributed by atoms with Crippen LogP contribution in [-0.2, 0) is 6.54 Å². The van der Waals surface area contributed by atoms with Gasteiger partial charge < -0.3 is 10.6 Å². The van der Waals surface area contributed by atoms with E-state index in [1.807, 2.05) is 6.92 Å². The molecule has 4 aromatic rings.